The number of hydrogen-bond acceptors (Lipinski definition) is 3. The SMILES string of the molecule is Cc1[nH]c(=O)c(C#N)c(C)c1CCC(=O)N[C@@H]1CC[C@H]2CCCC[C@H]2C1. The minimum absolute atomic E-state index is 0.0766. The molecule has 2 N–H and O–H groups in total. The van der Waals surface area contributed by atoms with E-state index in [1.807, 2.05) is 13.0 Å². The molecule has 1 heterocycles. The number of aromatic amines is 1. The average Bonchev–Trinajstić information content (AvgIpc) is 2.61. The Morgan fingerprint density at radius 3 is 2.65 bits per heavy atom. The third-order valence-corrected chi connectivity index (χ3v) is 6.43. The lowest BCUT2D eigenvalue weighted by molar-refractivity contribution is -0.122. The van der Waals surface area contributed by atoms with Gasteiger partial charge in [0.05, 0.1) is 0 Å². The van der Waals surface area contributed by atoms with Gasteiger partial charge in [-0.3, -0.25) is 9.59 Å². The third-order valence-electron chi connectivity index (χ3n) is 6.43. The number of nitrogens with one attached hydrogen (secondary N) is 2. The molecule has 26 heavy (non-hydrogen) atoms. The van der Waals surface area contributed by atoms with Crippen molar-refractivity contribution in [2.24, 2.45) is 11.8 Å². The molecule has 0 saturated heterocycles. The van der Waals surface area contributed by atoms with Crippen LogP contribution >= 0.6 is 0 Å². The van der Waals surface area contributed by atoms with E-state index < -0.39 is 0 Å². The molecule has 1 aromatic rings. The highest BCUT2D eigenvalue weighted by molar-refractivity contribution is 5.76. The number of hydrogen-bond donors (Lipinski definition) is 2. The Labute approximate surface area is 155 Å². The summed E-state index contributed by atoms with van der Waals surface area (Å²) in [5, 5.41) is 12.4. The van der Waals surface area contributed by atoms with E-state index in [2.05, 4.69) is 10.3 Å². The van der Waals surface area contributed by atoms with Gasteiger partial charge in [-0.05, 0) is 62.5 Å². The van der Waals surface area contributed by atoms with Crippen molar-refractivity contribution in [2.45, 2.75) is 77.7 Å². The van der Waals surface area contributed by atoms with Gasteiger partial charge in [-0.2, -0.15) is 5.26 Å². The number of nitriles is 1. The van der Waals surface area contributed by atoms with Crippen LogP contribution in [0.15, 0.2) is 4.79 Å². The lowest BCUT2D eigenvalue weighted by Crippen LogP contribution is -2.41. The number of aryl methyl sites for hydroxylation is 1. The molecule has 0 unspecified atom stereocenters. The van der Waals surface area contributed by atoms with Crippen LogP contribution in [0.4, 0.5) is 0 Å². The van der Waals surface area contributed by atoms with E-state index in [0.717, 1.165) is 35.9 Å². The summed E-state index contributed by atoms with van der Waals surface area (Å²) in [6.45, 7) is 3.62. The largest absolute Gasteiger partial charge is 0.353 e. The van der Waals surface area contributed by atoms with E-state index in [1.165, 1.54) is 32.1 Å². The highest BCUT2D eigenvalue weighted by Gasteiger charge is 2.32. The first-order chi connectivity index (χ1) is 12.5. The van der Waals surface area contributed by atoms with Gasteiger partial charge >= 0.3 is 0 Å². The zero-order valence-electron chi connectivity index (χ0n) is 15.9. The number of aromatic nitrogens is 1. The van der Waals surface area contributed by atoms with Crippen molar-refractivity contribution in [3.05, 3.63) is 32.7 Å². The molecule has 2 aliphatic carbocycles. The topological polar surface area (TPSA) is 85.8 Å². The van der Waals surface area contributed by atoms with E-state index in [1.54, 1.807) is 6.92 Å². The van der Waals surface area contributed by atoms with Crippen molar-refractivity contribution in [3.8, 4) is 6.07 Å². The zero-order valence-corrected chi connectivity index (χ0v) is 15.9. The van der Waals surface area contributed by atoms with Gasteiger partial charge in [0.2, 0.25) is 5.91 Å². The molecule has 3 atom stereocenters. The zero-order chi connectivity index (χ0) is 18.7. The number of carbonyl (C=O) groups is 1. The van der Waals surface area contributed by atoms with Gasteiger partial charge in [-0.25, -0.2) is 0 Å². The van der Waals surface area contributed by atoms with E-state index in [-0.39, 0.29) is 17.0 Å². The Balaban J connectivity index is 1.57. The number of rotatable bonds is 4. The third kappa shape index (κ3) is 4.00. The number of H-pyrrole nitrogens is 1. The molecule has 5 heteroatoms. The van der Waals surface area contributed by atoms with Gasteiger partial charge < -0.3 is 10.3 Å². The maximum atomic E-state index is 12.4. The second kappa shape index (κ2) is 8.07. The molecule has 1 amide bonds. The Hall–Kier alpha value is -2.09. The molecule has 0 radical (unpaired) electrons. The van der Waals surface area contributed by atoms with E-state index in [4.69, 9.17) is 5.26 Å². The summed E-state index contributed by atoms with van der Waals surface area (Å²) in [5.41, 5.74) is 2.17. The molecule has 3 rings (SSSR count). The smallest absolute Gasteiger partial charge is 0.266 e. The first-order valence-electron chi connectivity index (χ1n) is 9.91. The van der Waals surface area contributed by atoms with Crippen molar-refractivity contribution >= 4 is 5.91 Å². The Bertz CT molecular complexity index is 775. The van der Waals surface area contributed by atoms with Crippen LogP contribution in [-0.2, 0) is 11.2 Å². The molecule has 140 valence electrons. The molecule has 0 bridgehead atoms. The lowest BCUT2D eigenvalue weighted by atomic mass is 9.69. The molecular formula is C21H29N3O2. The number of carbonyl (C=O) groups excluding carboxylic acids is 1. The van der Waals surface area contributed by atoms with E-state index in [9.17, 15) is 9.59 Å². The van der Waals surface area contributed by atoms with Gasteiger partial charge in [-0.15, -0.1) is 0 Å². The molecule has 0 aliphatic heterocycles. The number of pyridine rings is 1. The van der Waals surface area contributed by atoms with Gasteiger partial charge in [-0.1, -0.05) is 25.7 Å². The molecule has 2 aliphatic rings. The molecule has 1 aromatic heterocycles. The Morgan fingerprint density at radius 2 is 1.92 bits per heavy atom. The highest BCUT2D eigenvalue weighted by atomic mass is 16.1. The van der Waals surface area contributed by atoms with Crippen LogP contribution in [0.2, 0.25) is 0 Å². The molecular weight excluding hydrogens is 326 g/mol. The molecule has 5 nitrogen and oxygen atoms in total. The van der Waals surface area contributed by atoms with Crippen molar-refractivity contribution in [2.75, 3.05) is 0 Å². The molecule has 0 aromatic carbocycles. The van der Waals surface area contributed by atoms with Crippen molar-refractivity contribution in [3.63, 3.8) is 0 Å². The van der Waals surface area contributed by atoms with Crippen LogP contribution in [0.1, 0.15) is 73.8 Å². The lowest BCUT2D eigenvalue weighted by Gasteiger charge is -2.39. The summed E-state index contributed by atoms with van der Waals surface area (Å²) in [6, 6.07) is 2.28. The molecule has 2 saturated carbocycles. The van der Waals surface area contributed by atoms with Crippen LogP contribution in [0.5, 0.6) is 0 Å². The van der Waals surface area contributed by atoms with Crippen molar-refractivity contribution in [1.82, 2.24) is 10.3 Å². The van der Waals surface area contributed by atoms with Crippen LogP contribution in [0.3, 0.4) is 0 Å². The average molecular weight is 355 g/mol. The highest BCUT2D eigenvalue weighted by Crippen LogP contribution is 2.40. The fraction of sp³-hybridized carbons (Fsp3) is 0.667. The summed E-state index contributed by atoms with van der Waals surface area (Å²) in [7, 11) is 0. The summed E-state index contributed by atoms with van der Waals surface area (Å²) in [4.78, 5) is 27.0. The maximum absolute atomic E-state index is 12.4. The van der Waals surface area contributed by atoms with Crippen LogP contribution < -0.4 is 10.9 Å². The molecule has 0 spiro atoms. The minimum Gasteiger partial charge on any atom is -0.353 e. The Kier molecular flexibility index (Phi) is 5.80. The van der Waals surface area contributed by atoms with E-state index in [0.29, 0.717) is 24.4 Å². The standard InChI is InChI=1S/C21H29N3O2/c1-13-18(14(2)23-21(26)19(13)12-22)9-10-20(25)24-17-8-7-15-5-3-4-6-16(15)11-17/h15-17H,3-11H2,1-2H3,(H,23,26)(H,24,25)/t15-,16+,17-/m1/s1. The fourth-order valence-electron chi connectivity index (χ4n) is 4.96. The van der Waals surface area contributed by atoms with Gasteiger partial charge in [0, 0.05) is 18.2 Å². The quantitative estimate of drug-likeness (QED) is 0.869. The monoisotopic (exact) mass is 355 g/mol. The second-order valence-corrected chi connectivity index (χ2v) is 8.05. The summed E-state index contributed by atoms with van der Waals surface area (Å²) in [6.07, 6.45) is 9.83. The normalized spacial score (nSPS) is 25.2. The first kappa shape index (κ1) is 18.7. The van der Waals surface area contributed by atoms with Crippen LogP contribution in [-0.4, -0.2) is 16.9 Å². The summed E-state index contributed by atoms with van der Waals surface area (Å²) < 4.78 is 0. The van der Waals surface area contributed by atoms with Crippen molar-refractivity contribution < 1.29 is 4.79 Å². The van der Waals surface area contributed by atoms with Crippen molar-refractivity contribution in [1.29, 1.82) is 5.26 Å². The maximum Gasteiger partial charge on any atom is 0.266 e. The second-order valence-electron chi connectivity index (χ2n) is 8.05. The number of fused-ring (bicyclic) bond motifs is 1. The van der Waals surface area contributed by atoms with Gasteiger partial charge in [0.25, 0.3) is 5.56 Å². The Morgan fingerprint density at radius 1 is 1.19 bits per heavy atom. The minimum atomic E-state index is -0.347. The van der Waals surface area contributed by atoms with Gasteiger partial charge in [0.15, 0.2) is 0 Å². The summed E-state index contributed by atoms with van der Waals surface area (Å²) >= 11 is 0. The molecule has 2 fully saturated rings. The predicted octanol–water partition coefficient (Wildman–Crippen LogP) is 3.27. The number of nitrogens with zero attached hydrogens (tertiary/aromatic N) is 1. The van der Waals surface area contributed by atoms with Crippen LogP contribution in [0, 0.1) is 37.0 Å². The fourth-order valence-corrected chi connectivity index (χ4v) is 4.96. The first-order valence-corrected chi connectivity index (χ1v) is 9.91. The van der Waals surface area contributed by atoms with E-state index >= 15 is 0 Å². The predicted molar refractivity (Wildman–Crippen MR) is 101 cm³/mol. The van der Waals surface area contributed by atoms with Crippen LogP contribution in [0.25, 0.3) is 0 Å². The summed E-state index contributed by atoms with van der Waals surface area (Å²) in [5.74, 6) is 1.75. The van der Waals surface area contributed by atoms with Gasteiger partial charge in [0.1, 0.15) is 11.6 Å². The number of amides is 1.